The number of hydrogen-bond acceptors (Lipinski definition) is 3. The summed E-state index contributed by atoms with van der Waals surface area (Å²) in [7, 11) is 0. The molecule has 3 nitrogen and oxygen atoms in total. The van der Waals surface area contributed by atoms with Crippen molar-refractivity contribution >= 4 is 22.1 Å². The average Bonchev–Trinajstić information content (AvgIpc) is 3.12. The first-order valence-electron chi connectivity index (χ1n) is 9.86. The van der Waals surface area contributed by atoms with Gasteiger partial charge in [-0.25, -0.2) is 9.97 Å². The number of para-hydroxylation sites is 1. The molecule has 0 unspecified atom stereocenters. The Labute approximate surface area is 170 Å². The molecule has 0 spiro atoms. The highest BCUT2D eigenvalue weighted by Gasteiger charge is 2.23. The number of furan rings is 1. The molecule has 0 amide bonds. The molecule has 2 heterocycles. The summed E-state index contributed by atoms with van der Waals surface area (Å²) in [5.74, 6) is 0.816. The summed E-state index contributed by atoms with van der Waals surface area (Å²) >= 11 is 0. The van der Waals surface area contributed by atoms with Crippen molar-refractivity contribution in [3.8, 4) is 22.4 Å². The highest BCUT2D eigenvalue weighted by atomic mass is 16.3. The van der Waals surface area contributed by atoms with Crippen molar-refractivity contribution in [2.24, 2.45) is 0 Å². The molecule has 5 aromatic rings. The van der Waals surface area contributed by atoms with E-state index in [0.29, 0.717) is 0 Å². The molecular formula is C26H22N2O. The van der Waals surface area contributed by atoms with Gasteiger partial charge in [-0.2, -0.15) is 0 Å². The molecule has 0 aliphatic carbocycles. The summed E-state index contributed by atoms with van der Waals surface area (Å²) in [5, 5.41) is 1.02. The topological polar surface area (TPSA) is 38.9 Å². The van der Waals surface area contributed by atoms with Crippen LogP contribution >= 0.6 is 0 Å². The Morgan fingerprint density at radius 1 is 0.690 bits per heavy atom. The predicted octanol–water partition coefficient (Wildman–Crippen LogP) is 7.01. The van der Waals surface area contributed by atoms with Crippen molar-refractivity contribution in [3.05, 3.63) is 84.7 Å². The fraction of sp³-hybridized carbons (Fsp3) is 0.154. The minimum Gasteiger partial charge on any atom is -0.452 e. The van der Waals surface area contributed by atoms with Crippen molar-refractivity contribution in [2.45, 2.75) is 26.2 Å². The van der Waals surface area contributed by atoms with E-state index in [0.717, 1.165) is 44.7 Å². The number of rotatable bonds is 2. The van der Waals surface area contributed by atoms with Crippen LogP contribution in [0.3, 0.4) is 0 Å². The first-order chi connectivity index (χ1) is 14.0. The van der Waals surface area contributed by atoms with Crippen LogP contribution in [0.1, 0.15) is 26.6 Å². The van der Waals surface area contributed by atoms with Crippen LogP contribution in [0.5, 0.6) is 0 Å². The molecule has 0 fully saturated rings. The molecule has 29 heavy (non-hydrogen) atoms. The molecule has 0 aliphatic rings. The summed E-state index contributed by atoms with van der Waals surface area (Å²) in [6, 6.07) is 26.9. The van der Waals surface area contributed by atoms with E-state index < -0.39 is 0 Å². The molecule has 0 aliphatic heterocycles. The number of benzene rings is 3. The van der Waals surface area contributed by atoms with Crippen molar-refractivity contribution in [2.75, 3.05) is 0 Å². The van der Waals surface area contributed by atoms with Crippen LogP contribution in [0.4, 0.5) is 0 Å². The third kappa shape index (κ3) is 3.09. The Balaban J connectivity index is 1.80. The second kappa shape index (κ2) is 6.56. The van der Waals surface area contributed by atoms with Gasteiger partial charge in [-0.1, -0.05) is 81.4 Å². The van der Waals surface area contributed by atoms with E-state index in [1.54, 1.807) is 0 Å². The first-order valence-corrected chi connectivity index (χ1v) is 9.86. The molecule has 3 heteroatoms. The Hall–Kier alpha value is -3.46. The molecule has 0 radical (unpaired) electrons. The highest BCUT2D eigenvalue weighted by Crippen LogP contribution is 2.36. The molecule has 2 aromatic heterocycles. The van der Waals surface area contributed by atoms with Crippen LogP contribution in [0, 0.1) is 0 Å². The van der Waals surface area contributed by atoms with Gasteiger partial charge in [-0.05, 0) is 29.3 Å². The lowest BCUT2D eigenvalue weighted by molar-refractivity contribution is 0.547. The van der Waals surface area contributed by atoms with E-state index in [4.69, 9.17) is 14.4 Å². The molecule has 0 saturated carbocycles. The van der Waals surface area contributed by atoms with Gasteiger partial charge in [0.05, 0.1) is 0 Å². The summed E-state index contributed by atoms with van der Waals surface area (Å²) < 4.78 is 6.23. The lowest BCUT2D eigenvalue weighted by Gasteiger charge is -2.17. The average molecular weight is 378 g/mol. The highest BCUT2D eigenvalue weighted by molar-refractivity contribution is 6.06. The number of fused-ring (bicyclic) bond motifs is 3. The first kappa shape index (κ1) is 17.6. The van der Waals surface area contributed by atoms with Crippen molar-refractivity contribution < 1.29 is 4.42 Å². The third-order valence-electron chi connectivity index (χ3n) is 5.13. The molecule has 142 valence electrons. The van der Waals surface area contributed by atoms with E-state index in [9.17, 15) is 0 Å². The normalized spacial score (nSPS) is 12.0. The maximum Gasteiger partial charge on any atom is 0.180 e. The quantitative estimate of drug-likeness (QED) is 0.332. The van der Waals surface area contributed by atoms with Crippen LogP contribution < -0.4 is 0 Å². The minimum absolute atomic E-state index is 0.168. The molecule has 0 bridgehead atoms. The van der Waals surface area contributed by atoms with Crippen LogP contribution in [0.25, 0.3) is 44.5 Å². The third-order valence-corrected chi connectivity index (χ3v) is 5.13. The zero-order valence-electron chi connectivity index (χ0n) is 16.8. The molecular weight excluding hydrogens is 356 g/mol. The van der Waals surface area contributed by atoms with Crippen molar-refractivity contribution in [1.82, 2.24) is 9.97 Å². The molecule has 0 saturated heterocycles. The Kier molecular flexibility index (Phi) is 3.99. The van der Waals surface area contributed by atoms with Crippen LogP contribution in [0.15, 0.2) is 83.3 Å². The van der Waals surface area contributed by atoms with Gasteiger partial charge in [0, 0.05) is 16.4 Å². The number of hydrogen-bond donors (Lipinski definition) is 0. The fourth-order valence-corrected chi connectivity index (χ4v) is 3.60. The van der Waals surface area contributed by atoms with Crippen molar-refractivity contribution in [3.63, 3.8) is 0 Å². The summed E-state index contributed by atoms with van der Waals surface area (Å²) in [6.45, 7) is 6.42. The standard InChI is InChI=1S/C26H22N2O/c1-26(2,3)25-27-22(24-23(28-25)20-14-7-8-15-21(20)29-24)19-13-9-12-18(16-19)17-10-5-4-6-11-17/h4-16H,1-3H3. The molecule has 0 N–H and O–H groups in total. The van der Waals surface area contributed by atoms with Gasteiger partial charge >= 0.3 is 0 Å². The Bertz CT molecular complexity index is 1330. The van der Waals surface area contributed by atoms with E-state index in [1.807, 2.05) is 24.3 Å². The van der Waals surface area contributed by atoms with Gasteiger partial charge in [0.25, 0.3) is 0 Å². The van der Waals surface area contributed by atoms with Gasteiger partial charge < -0.3 is 4.42 Å². The van der Waals surface area contributed by atoms with Gasteiger partial charge in [0.2, 0.25) is 0 Å². The summed E-state index contributed by atoms with van der Waals surface area (Å²) in [4.78, 5) is 9.86. The van der Waals surface area contributed by atoms with Gasteiger partial charge in [0.15, 0.2) is 5.58 Å². The summed E-state index contributed by atoms with van der Waals surface area (Å²) in [5.41, 5.74) is 6.49. The Morgan fingerprint density at radius 3 is 2.17 bits per heavy atom. The van der Waals surface area contributed by atoms with Crippen molar-refractivity contribution in [1.29, 1.82) is 0 Å². The smallest absolute Gasteiger partial charge is 0.180 e. The molecule has 3 aromatic carbocycles. The second-order valence-corrected chi connectivity index (χ2v) is 8.37. The maximum absolute atomic E-state index is 6.23. The maximum atomic E-state index is 6.23. The van der Waals surface area contributed by atoms with Gasteiger partial charge in [-0.3, -0.25) is 0 Å². The van der Waals surface area contributed by atoms with E-state index in [1.165, 1.54) is 5.56 Å². The van der Waals surface area contributed by atoms with Crippen LogP contribution in [-0.2, 0) is 5.41 Å². The fourth-order valence-electron chi connectivity index (χ4n) is 3.60. The second-order valence-electron chi connectivity index (χ2n) is 8.37. The lowest BCUT2D eigenvalue weighted by Crippen LogP contribution is -2.16. The molecule has 0 atom stereocenters. The van der Waals surface area contributed by atoms with Gasteiger partial charge in [-0.15, -0.1) is 0 Å². The van der Waals surface area contributed by atoms with E-state index in [-0.39, 0.29) is 5.41 Å². The van der Waals surface area contributed by atoms with Crippen LogP contribution in [-0.4, -0.2) is 9.97 Å². The lowest BCUT2D eigenvalue weighted by atomic mass is 9.95. The largest absolute Gasteiger partial charge is 0.452 e. The minimum atomic E-state index is -0.168. The van der Waals surface area contributed by atoms with E-state index >= 15 is 0 Å². The SMILES string of the molecule is CC(C)(C)c1nc(-c2cccc(-c3ccccc3)c2)c2oc3ccccc3c2n1. The van der Waals surface area contributed by atoms with E-state index in [2.05, 4.69) is 75.4 Å². The zero-order chi connectivity index (χ0) is 20.0. The monoisotopic (exact) mass is 378 g/mol. The van der Waals surface area contributed by atoms with Gasteiger partial charge in [0.1, 0.15) is 22.6 Å². The zero-order valence-corrected chi connectivity index (χ0v) is 16.8. The predicted molar refractivity (Wildman–Crippen MR) is 119 cm³/mol. The summed E-state index contributed by atoms with van der Waals surface area (Å²) in [6.07, 6.45) is 0. The molecule has 5 rings (SSSR count). The van der Waals surface area contributed by atoms with Crippen LogP contribution in [0.2, 0.25) is 0 Å². The Morgan fingerprint density at radius 2 is 1.38 bits per heavy atom. The number of aromatic nitrogens is 2. The number of nitrogens with zero attached hydrogens (tertiary/aromatic N) is 2.